The van der Waals surface area contributed by atoms with Crippen LogP contribution >= 0.6 is 15.9 Å². The van der Waals surface area contributed by atoms with Gasteiger partial charge < -0.3 is 9.84 Å². The van der Waals surface area contributed by atoms with E-state index in [2.05, 4.69) is 15.9 Å². The van der Waals surface area contributed by atoms with Gasteiger partial charge in [-0.05, 0) is 42.7 Å². The van der Waals surface area contributed by atoms with E-state index < -0.39 is 6.10 Å². The average Bonchev–Trinajstić information content (AvgIpc) is 2.16. The maximum atomic E-state index is 9.65. The molecule has 0 heterocycles. The number of alkyl halides is 1. The van der Waals surface area contributed by atoms with Crippen molar-refractivity contribution in [1.29, 1.82) is 0 Å². The number of aryl methyl sites for hydroxylation is 2. The summed E-state index contributed by atoms with van der Waals surface area (Å²) in [6.07, 6.45) is -0.446. The largest absolute Gasteiger partial charge is 0.496 e. The fourth-order valence-electron chi connectivity index (χ4n) is 1.59. The van der Waals surface area contributed by atoms with Crippen molar-refractivity contribution in [1.82, 2.24) is 0 Å². The summed E-state index contributed by atoms with van der Waals surface area (Å²) in [4.78, 5) is 0. The van der Waals surface area contributed by atoms with Gasteiger partial charge in [-0.2, -0.15) is 0 Å². The highest BCUT2D eigenvalue weighted by Gasteiger charge is 2.10. The monoisotopic (exact) mass is 258 g/mol. The molecule has 1 atom stereocenters. The van der Waals surface area contributed by atoms with Crippen LogP contribution in [-0.4, -0.2) is 17.5 Å². The van der Waals surface area contributed by atoms with E-state index in [0.717, 1.165) is 22.4 Å². The number of aliphatic hydroxyl groups excluding tert-OH is 1. The summed E-state index contributed by atoms with van der Waals surface area (Å²) in [6.45, 7) is 3.96. The summed E-state index contributed by atoms with van der Waals surface area (Å²) in [6, 6.07) is 3.91. The molecule has 0 saturated heterocycles. The van der Waals surface area contributed by atoms with Crippen molar-refractivity contribution in [2.45, 2.75) is 20.0 Å². The highest BCUT2D eigenvalue weighted by molar-refractivity contribution is 9.09. The van der Waals surface area contributed by atoms with Crippen molar-refractivity contribution >= 4 is 15.9 Å². The number of methoxy groups -OCH3 is 1. The molecule has 0 aliphatic heterocycles. The molecule has 78 valence electrons. The second kappa shape index (κ2) is 4.80. The number of benzene rings is 1. The Bertz CT molecular complexity index is 300. The molecule has 3 heteroatoms. The quantitative estimate of drug-likeness (QED) is 0.846. The minimum atomic E-state index is -0.446. The Morgan fingerprint density at radius 2 is 1.86 bits per heavy atom. The standard InChI is InChI=1S/C11H15BrO2/c1-7-4-9(10(13)6-12)5-8(2)11(7)14-3/h4-5,10,13H,6H2,1-3H3. The van der Waals surface area contributed by atoms with E-state index in [1.165, 1.54) is 0 Å². The van der Waals surface area contributed by atoms with Crippen LogP contribution in [0.25, 0.3) is 0 Å². The SMILES string of the molecule is COc1c(C)cc(C(O)CBr)cc1C. The van der Waals surface area contributed by atoms with Crippen LogP contribution in [0.2, 0.25) is 0 Å². The van der Waals surface area contributed by atoms with Crippen LogP contribution in [0.15, 0.2) is 12.1 Å². The van der Waals surface area contributed by atoms with E-state index in [9.17, 15) is 5.11 Å². The van der Waals surface area contributed by atoms with E-state index in [0.29, 0.717) is 5.33 Å². The molecular weight excluding hydrogens is 244 g/mol. The third-order valence-electron chi connectivity index (χ3n) is 2.22. The molecule has 1 rings (SSSR count). The minimum absolute atomic E-state index is 0.446. The normalized spacial score (nSPS) is 12.6. The second-order valence-corrected chi connectivity index (χ2v) is 4.01. The number of ether oxygens (including phenoxy) is 1. The number of aliphatic hydroxyl groups is 1. The minimum Gasteiger partial charge on any atom is -0.496 e. The van der Waals surface area contributed by atoms with Crippen molar-refractivity contribution < 1.29 is 9.84 Å². The van der Waals surface area contributed by atoms with Crippen LogP contribution in [0.1, 0.15) is 22.8 Å². The molecule has 1 N–H and O–H groups in total. The van der Waals surface area contributed by atoms with Gasteiger partial charge in [-0.25, -0.2) is 0 Å². The van der Waals surface area contributed by atoms with Crippen LogP contribution in [0.4, 0.5) is 0 Å². The van der Waals surface area contributed by atoms with Gasteiger partial charge in [-0.15, -0.1) is 0 Å². The molecule has 0 saturated carbocycles. The molecule has 0 aromatic heterocycles. The summed E-state index contributed by atoms with van der Waals surface area (Å²) in [5.74, 6) is 0.899. The lowest BCUT2D eigenvalue weighted by atomic mass is 10.0. The zero-order valence-electron chi connectivity index (χ0n) is 8.67. The van der Waals surface area contributed by atoms with Crippen molar-refractivity contribution in [2.24, 2.45) is 0 Å². The molecular formula is C11H15BrO2. The lowest BCUT2D eigenvalue weighted by molar-refractivity contribution is 0.205. The predicted molar refractivity (Wildman–Crippen MR) is 61.2 cm³/mol. The first-order chi connectivity index (χ1) is 6.60. The average molecular weight is 259 g/mol. The number of hydrogen-bond acceptors (Lipinski definition) is 2. The second-order valence-electron chi connectivity index (χ2n) is 3.36. The lowest BCUT2D eigenvalue weighted by Crippen LogP contribution is -2.01. The zero-order chi connectivity index (χ0) is 10.7. The number of hydrogen-bond donors (Lipinski definition) is 1. The van der Waals surface area contributed by atoms with E-state index in [1.54, 1.807) is 7.11 Å². The highest BCUT2D eigenvalue weighted by atomic mass is 79.9. The molecule has 0 spiro atoms. The Morgan fingerprint density at radius 3 is 2.21 bits per heavy atom. The summed E-state index contributed by atoms with van der Waals surface area (Å²) < 4.78 is 5.25. The first kappa shape index (κ1) is 11.5. The van der Waals surface area contributed by atoms with Crippen molar-refractivity contribution in [3.63, 3.8) is 0 Å². The zero-order valence-corrected chi connectivity index (χ0v) is 10.3. The van der Waals surface area contributed by atoms with E-state index in [1.807, 2.05) is 26.0 Å². The van der Waals surface area contributed by atoms with Gasteiger partial charge in [0.1, 0.15) is 5.75 Å². The first-order valence-corrected chi connectivity index (χ1v) is 5.61. The molecule has 14 heavy (non-hydrogen) atoms. The molecule has 0 amide bonds. The van der Waals surface area contributed by atoms with E-state index in [4.69, 9.17) is 4.74 Å². The fourth-order valence-corrected chi connectivity index (χ4v) is 1.96. The summed E-state index contributed by atoms with van der Waals surface area (Å²) in [5.41, 5.74) is 3.04. The van der Waals surface area contributed by atoms with Gasteiger partial charge in [0, 0.05) is 5.33 Å². The molecule has 0 radical (unpaired) electrons. The van der Waals surface area contributed by atoms with Crippen molar-refractivity contribution in [2.75, 3.05) is 12.4 Å². The number of rotatable bonds is 3. The Labute approximate surface area is 93.0 Å². The molecule has 0 bridgehead atoms. The third kappa shape index (κ3) is 2.28. The maximum absolute atomic E-state index is 9.65. The molecule has 0 fully saturated rings. The predicted octanol–water partition coefficient (Wildman–Crippen LogP) is 2.74. The Morgan fingerprint density at radius 1 is 1.36 bits per heavy atom. The molecule has 2 nitrogen and oxygen atoms in total. The van der Waals surface area contributed by atoms with Gasteiger partial charge in [0.15, 0.2) is 0 Å². The maximum Gasteiger partial charge on any atom is 0.124 e. The van der Waals surface area contributed by atoms with Gasteiger partial charge in [-0.1, -0.05) is 15.9 Å². The molecule has 0 aliphatic carbocycles. The Kier molecular flexibility index (Phi) is 3.96. The van der Waals surface area contributed by atoms with Crippen LogP contribution < -0.4 is 4.74 Å². The third-order valence-corrected chi connectivity index (χ3v) is 2.83. The van der Waals surface area contributed by atoms with Gasteiger partial charge in [0.05, 0.1) is 13.2 Å². The first-order valence-electron chi connectivity index (χ1n) is 4.49. The highest BCUT2D eigenvalue weighted by Crippen LogP contribution is 2.27. The fraction of sp³-hybridized carbons (Fsp3) is 0.455. The van der Waals surface area contributed by atoms with Gasteiger partial charge in [0.2, 0.25) is 0 Å². The van der Waals surface area contributed by atoms with Gasteiger partial charge >= 0.3 is 0 Å². The summed E-state index contributed by atoms with van der Waals surface area (Å²) in [7, 11) is 1.66. The smallest absolute Gasteiger partial charge is 0.124 e. The van der Waals surface area contributed by atoms with Gasteiger partial charge in [-0.3, -0.25) is 0 Å². The topological polar surface area (TPSA) is 29.5 Å². The molecule has 0 aliphatic rings. The van der Waals surface area contributed by atoms with Gasteiger partial charge in [0.25, 0.3) is 0 Å². The van der Waals surface area contributed by atoms with E-state index in [-0.39, 0.29) is 0 Å². The molecule has 1 aromatic rings. The summed E-state index contributed by atoms with van der Waals surface area (Å²) >= 11 is 3.25. The summed E-state index contributed by atoms with van der Waals surface area (Å²) in [5, 5.41) is 10.2. The van der Waals surface area contributed by atoms with Crippen molar-refractivity contribution in [3.8, 4) is 5.75 Å². The van der Waals surface area contributed by atoms with Crippen molar-refractivity contribution in [3.05, 3.63) is 28.8 Å². The molecule has 1 unspecified atom stereocenters. The lowest BCUT2D eigenvalue weighted by Gasteiger charge is -2.13. The number of halogens is 1. The van der Waals surface area contributed by atoms with Crippen LogP contribution in [0.3, 0.4) is 0 Å². The van der Waals surface area contributed by atoms with Crippen LogP contribution in [-0.2, 0) is 0 Å². The Hall–Kier alpha value is -0.540. The Balaban J connectivity index is 3.13. The molecule has 1 aromatic carbocycles. The van der Waals surface area contributed by atoms with Crippen LogP contribution in [0.5, 0.6) is 5.75 Å². The van der Waals surface area contributed by atoms with Crippen LogP contribution in [0, 0.1) is 13.8 Å². The van der Waals surface area contributed by atoms with E-state index >= 15 is 0 Å².